The van der Waals surface area contributed by atoms with Crippen molar-refractivity contribution in [2.75, 3.05) is 20.2 Å². The summed E-state index contributed by atoms with van der Waals surface area (Å²) in [5, 5.41) is 17.6. The minimum absolute atomic E-state index is 0.0410. The number of amides is 1. The van der Waals surface area contributed by atoms with Gasteiger partial charge in [0.2, 0.25) is 0 Å². The normalized spacial score (nSPS) is 15.3. The number of alkyl carbamates (subject to hydrolysis) is 1. The van der Waals surface area contributed by atoms with Gasteiger partial charge in [0, 0.05) is 30.9 Å². The Labute approximate surface area is 153 Å². The molecule has 0 spiro atoms. The van der Waals surface area contributed by atoms with Gasteiger partial charge in [0.05, 0.1) is 12.8 Å². The van der Waals surface area contributed by atoms with E-state index >= 15 is 0 Å². The van der Waals surface area contributed by atoms with Gasteiger partial charge in [0.25, 0.3) is 0 Å². The molecule has 1 unspecified atom stereocenters. The fourth-order valence-electron chi connectivity index (χ4n) is 2.41. The van der Waals surface area contributed by atoms with Crippen LogP contribution in [0.1, 0.15) is 31.7 Å². The molecule has 0 bridgehead atoms. The number of methoxy groups -OCH3 is 1. The van der Waals surface area contributed by atoms with E-state index in [0.717, 1.165) is 24.1 Å². The van der Waals surface area contributed by atoms with Crippen molar-refractivity contribution < 1.29 is 13.9 Å². The first kappa shape index (κ1) is 19.9. The lowest BCUT2D eigenvalue weighted by molar-refractivity contribution is 0.171. The minimum Gasteiger partial charge on any atom is -0.453 e. The van der Waals surface area contributed by atoms with E-state index in [4.69, 9.17) is 5.41 Å². The summed E-state index contributed by atoms with van der Waals surface area (Å²) in [4.78, 5) is 11.0. The van der Waals surface area contributed by atoms with Gasteiger partial charge in [-0.1, -0.05) is 12.1 Å². The number of ether oxygens (including phenoxy) is 1. The van der Waals surface area contributed by atoms with E-state index in [-0.39, 0.29) is 11.9 Å². The quantitative estimate of drug-likeness (QED) is 0.381. The Kier molecular flexibility index (Phi) is 7.59. The SMILES string of the molecule is COC(=O)NCCCN/C(=C\C(=N)C(C)NC1CC1)c1ccc(F)cc1. The van der Waals surface area contributed by atoms with E-state index in [1.807, 2.05) is 6.92 Å². The van der Waals surface area contributed by atoms with Crippen LogP contribution < -0.4 is 16.0 Å². The molecular weight excluding hydrogens is 335 g/mol. The van der Waals surface area contributed by atoms with Crippen molar-refractivity contribution in [2.45, 2.75) is 38.3 Å². The van der Waals surface area contributed by atoms with Crippen molar-refractivity contribution in [1.29, 1.82) is 5.41 Å². The highest BCUT2D eigenvalue weighted by Gasteiger charge is 2.23. The first-order valence-corrected chi connectivity index (χ1v) is 8.87. The summed E-state index contributed by atoms with van der Waals surface area (Å²) in [5.41, 5.74) is 2.05. The number of hydrogen-bond acceptors (Lipinski definition) is 5. The van der Waals surface area contributed by atoms with E-state index in [2.05, 4.69) is 20.7 Å². The molecule has 26 heavy (non-hydrogen) atoms. The summed E-state index contributed by atoms with van der Waals surface area (Å²) in [5.74, 6) is -0.297. The van der Waals surface area contributed by atoms with Gasteiger partial charge in [-0.25, -0.2) is 9.18 Å². The van der Waals surface area contributed by atoms with Gasteiger partial charge in [0.15, 0.2) is 0 Å². The highest BCUT2D eigenvalue weighted by molar-refractivity contribution is 6.01. The highest BCUT2D eigenvalue weighted by Crippen LogP contribution is 2.20. The van der Waals surface area contributed by atoms with E-state index in [1.165, 1.54) is 19.2 Å². The Hall–Kier alpha value is -2.41. The van der Waals surface area contributed by atoms with Crippen LogP contribution in [0.15, 0.2) is 30.3 Å². The third-order valence-electron chi connectivity index (χ3n) is 4.11. The molecule has 1 saturated carbocycles. The average molecular weight is 362 g/mol. The Morgan fingerprint density at radius 3 is 2.58 bits per heavy atom. The molecule has 2 rings (SSSR count). The lowest BCUT2D eigenvalue weighted by atomic mass is 10.1. The second kappa shape index (κ2) is 9.91. The number of benzene rings is 1. The van der Waals surface area contributed by atoms with Gasteiger partial charge in [-0.3, -0.25) is 0 Å². The van der Waals surface area contributed by atoms with Crippen LogP contribution in [0, 0.1) is 11.2 Å². The summed E-state index contributed by atoms with van der Waals surface area (Å²) in [6.07, 6.45) is 4.34. The van der Waals surface area contributed by atoms with Crippen molar-refractivity contribution in [3.05, 3.63) is 41.7 Å². The van der Waals surface area contributed by atoms with Crippen molar-refractivity contribution in [1.82, 2.24) is 16.0 Å². The minimum atomic E-state index is -0.457. The molecule has 142 valence electrons. The summed E-state index contributed by atoms with van der Waals surface area (Å²) >= 11 is 0. The smallest absolute Gasteiger partial charge is 0.406 e. The first-order valence-electron chi connectivity index (χ1n) is 8.87. The summed E-state index contributed by atoms with van der Waals surface area (Å²) in [6.45, 7) is 3.05. The molecule has 0 heterocycles. The van der Waals surface area contributed by atoms with Crippen molar-refractivity contribution in [3.8, 4) is 0 Å². The second-order valence-corrected chi connectivity index (χ2v) is 6.38. The van der Waals surface area contributed by atoms with Gasteiger partial charge in [0.1, 0.15) is 5.82 Å². The van der Waals surface area contributed by atoms with Crippen molar-refractivity contribution >= 4 is 17.5 Å². The molecule has 1 aromatic carbocycles. The van der Waals surface area contributed by atoms with Crippen LogP contribution in [0.2, 0.25) is 0 Å². The van der Waals surface area contributed by atoms with Crippen molar-refractivity contribution in [3.63, 3.8) is 0 Å². The fraction of sp³-hybridized carbons (Fsp3) is 0.474. The Morgan fingerprint density at radius 1 is 1.31 bits per heavy atom. The fourth-order valence-corrected chi connectivity index (χ4v) is 2.41. The zero-order chi connectivity index (χ0) is 18.9. The number of hydrogen-bond donors (Lipinski definition) is 4. The maximum absolute atomic E-state index is 13.2. The van der Waals surface area contributed by atoms with Crippen LogP contribution in [0.25, 0.3) is 5.70 Å². The van der Waals surface area contributed by atoms with Crippen LogP contribution in [-0.2, 0) is 4.74 Å². The van der Waals surface area contributed by atoms with E-state index < -0.39 is 6.09 Å². The molecule has 7 heteroatoms. The molecule has 1 amide bonds. The van der Waals surface area contributed by atoms with Crippen LogP contribution in [0.4, 0.5) is 9.18 Å². The zero-order valence-electron chi connectivity index (χ0n) is 15.3. The third-order valence-corrected chi connectivity index (χ3v) is 4.11. The predicted octanol–water partition coefficient (Wildman–Crippen LogP) is 2.66. The lowest BCUT2D eigenvalue weighted by Gasteiger charge is -2.16. The molecular formula is C19H27FN4O2. The maximum atomic E-state index is 13.2. The predicted molar refractivity (Wildman–Crippen MR) is 101 cm³/mol. The number of carbonyl (C=O) groups is 1. The number of rotatable bonds is 10. The maximum Gasteiger partial charge on any atom is 0.406 e. The Balaban J connectivity index is 1.96. The molecule has 0 aliphatic heterocycles. The van der Waals surface area contributed by atoms with Crippen molar-refractivity contribution in [2.24, 2.45) is 0 Å². The molecule has 0 radical (unpaired) electrons. The molecule has 0 aromatic heterocycles. The molecule has 1 aliphatic carbocycles. The first-order chi connectivity index (χ1) is 12.5. The Bertz CT molecular complexity index is 641. The molecule has 0 saturated heterocycles. The largest absolute Gasteiger partial charge is 0.453 e. The average Bonchev–Trinajstić information content (AvgIpc) is 3.44. The van der Waals surface area contributed by atoms with Crippen LogP contribution >= 0.6 is 0 Å². The summed E-state index contributed by atoms with van der Waals surface area (Å²) in [6, 6.07) is 6.66. The van der Waals surface area contributed by atoms with Gasteiger partial charge >= 0.3 is 6.09 Å². The van der Waals surface area contributed by atoms with Gasteiger partial charge in [-0.05, 0) is 50.0 Å². The summed E-state index contributed by atoms with van der Waals surface area (Å²) < 4.78 is 17.7. The molecule has 1 atom stereocenters. The van der Waals surface area contributed by atoms with Crippen LogP contribution in [-0.4, -0.2) is 44.1 Å². The third kappa shape index (κ3) is 6.84. The molecule has 1 aromatic rings. The van der Waals surface area contributed by atoms with Gasteiger partial charge in [-0.15, -0.1) is 0 Å². The van der Waals surface area contributed by atoms with Crippen LogP contribution in [0.3, 0.4) is 0 Å². The number of nitrogens with one attached hydrogen (secondary N) is 4. The topological polar surface area (TPSA) is 86.2 Å². The zero-order valence-corrected chi connectivity index (χ0v) is 15.3. The van der Waals surface area contributed by atoms with Gasteiger partial charge in [-0.2, -0.15) is 0 Å². The number of carbonyl (C=O) groups excluding carboxylic acids is 1. The second-order valence-electron chi connectivity index (χ2n) is 6.38. The molecule has 4 N–H and O–H groups in total. The van der Waals surface area contributed by atoms with E-state index in [1.54, 1.807) is 18.2 Å². The molecule has 6 nitrogen and oxygen atoms in total. The Morgan fingerprint density at radius 2 is 1.96 bits per heavy atom. The lowest BCUT2D eigenvalue weighted by Crippen LogP contribution is -2.34. The summed E-state index contributed by atoms with van der Waals surface area (Å²) in [7, 11) is 1.32. The van der Waals surface area contributed by atoms with Crippen LogP contribution in [0.5, 0.6) is 0 Å². The standard InChI is InChI=1S/C19H27FN4O2/c1-13(24-16-8-9-16)17(21)12-18(14-4-6-15(20)7-5-14)22-10-3-11-23-19(25)26-2/h4-7,12-13,16,21-22,24H,3,8-11H2,1-2H3,(H,23,25)/b18-12-,21-17?. The number of halogens is 1. The van der Waals surface area contributed by atoms with E-state index in [0.29, 0.717) is 31.3 Å². The van der Waals surface area contributed by atoms with Gasteiger partial charge < -0.3 is 26.1 Å². The van der Waals surface area contributed by atoms with E-state index in [9.17, 15) is 9.18 Å². The molecule has 1 aliphatic rings. The monoisotopic (exact) mass is 362 g/mol. The molecule has 1 fully saturated rings. The highest BCUT2D eigenvalue weighted by atomic mass is 19.1.